The van der Waals surface area contributed by atoms with Crippen molar-refractivity contribution in [1.29, 1.82) is 0 Å². The number of anilines is 1. The number of likely N-dealkylation sites (N-methyl/N-ethyl adjacent to an activating group) is 1. The van der Waals surface area contributed by atoms with Gasteiger partial charge < -0.3 is 10.0 Å². The molecule has 1 fully saturated rings. The predicted octanol–water partition coefficient (Wildman–Crippen LogP) is -0.0936. The van der Waals surface area contributed by atoms with Gasteiger partial charge in [0, 0.05) is 25.2 Å². The van der Waals surface area contributed by atoms with Gasteiger partial charge in [-0.3, -0.25) is 29.4 Å². The Kier molecular flexibility index (Phi) is 4.54. The maximum atomic E-state index is 12.7. The van der Waals surface area contributed by atoms with E-state index in [9.17, 15) is 19.2 Å². The van der Waals surface area contributed by atoms with E-state index in [0.717, 1.165) is 10.6 Å². The zero-order chi connectivity index (χ0) is 18.1. The van der Waals surface area contributed by atoms with E-state index in [4.69, 9.17) is 5.11 Å². The fraction of sp³-hybridized carbons (Fsp3) is 0.412. The summed E-state index contributed by atoms with van der Waals surface area (Å²) in [6.07, 6.45) is 0.226. The summed E-state index contributed by atoms with van der Waals surface area (Å²) in [6, 6.07) is 3.93. The number of amides is 4. The molecule has 3 rings (SSSR count). The van der Waals surface area contributed by atoms with E-state index in [1.54, 1.807) is 18.2 Å². The highest BCUT2D eigenvalue weighted by Gasteiger charge is 2.44. The number of nitrogens with one attached hydrogen (secondary N) is 1. The van der Waals surface area contributed by atoms with Gasteiger partial charge in [0.25, 0.3) is 11.8 Å². The van der Waals surface area contributed by atoms with Crippen LogP contribution in [0.2, 0.25) is 0 Å². The number of piperidine rings is 1. The predicted molar refractivity (Wildman–Crippen MR) is 88.1 cm³/mol. The maximum absolute atomic E-state index is 12.7. The van der Waals surface area contributed by atoms with E-state index >= 15 is 0 Å². The third-order valence-corrected chi connectivity index (χ3v) is 4.54. The summed E-state index contributed by atoms with van der Waals surface area (Å²) in [4.78, 5) is 51.5. The Balaban J connectivity index is 1.91. The minimum Gasteiger partial charge on any atom is -0.395 e. The van der Waals surface area contributed by atoms with Gasteiger partial charge >= 0.3 is 0 Å². The molecule has 1 aromatic carbocycles. The van der Waals surface area contributed by atoms with E-state index in [1.165, 1.54) is 0 Å². The quantitative estimate of drug-likeness (QED) is 0.722. The molecular weight excluding hydrogens is 326 g/mol. The van der Waals surface area contributed by atoms with Gasteiger partial charge in [0.2, 0.25) is 11.8 Å². The lowest BCUT2D eigenvalue weighted by Crippen LogP contribution is -2.54. The highest BCUT2D eigenvalue weighted by molar-refractivity contribution is 6.23. The Hall–Kier alpha value is -2.74. The normalized spacial score (nSPS) is 19.9. The largest absolute Gasteiger partial charge is 0.395 e. The third kappa shape index (κ3) is 2.89. The number of hydrogen-bond acceptors (Lipinski definition) is 6. The number of nitrogens with zero attached hydrogens (tertiary/aromatic N) is 2. The Bertz CT molecular complexity index is 761. The van der Waals surface area contributed by atoms with Gasteiger partial charge in [0.1, 0.15) is 6.04 Å². The molecule has 1 aromatic rings. The lowest BCUT2D eigenvalue weighted by atomic mass is 10.0. The number of aliphatic hydroxyl groups is 1. The average molecular weight is 345 g/mol. The van der Waals surface area contributed by atoms with Crippen LogP contribution in [0.1, 0.15) is 40.5 Å². The molecule has 1 saturated heterocycles. The number of imide groups is 2. The van der Waals surface area contributed by atoms with Crippen molar-refractivity contribution in [2.75, 3.05) is 24.6 Å². The summed E-state index contributed by atoms with van der Waals surface area (Å²) in [5.74, 6) is -2.08. The number of carbonyl (C=O) groups is 4. The van der Waals surface area contributed by atoms with Gasteiger partial charge in [-0.15, -0.1) is 0 Å². The minimum atomic E-state index is -0.965. The number of carbonyl (C=O) groups excluding carboxylic acids is 4. The smallest absolute Gasteiger partial charge is 0.262 e. The molecule has 25 heavy (non-hydrogen) atoms. The molecular formula is C17H19N3O5. The van der Waals surface area contributed by atoms with Crippen LogP contribution in [0.25, 0.3) is 0 Å². The lowest BCUT2D eigenvalue weighted by Gasteiger charge is -2.27. The highest BCUT2D eigenvalue weighted by atomic mass is 16.3. The Morgan fingerprint density at radius 1 is 1.20 bits per heavy atom. The number of aliphatic hydroxyl groups excluding tert-OH is 1. The molecule has 2 aliphatic heterocycles. The van der Waals surface area contributed by atoms with E-state index in [0.29, 0.717) is 13.1 Å². The molecule has 2 N–H and O–H groups in total. The fourth-order valence-corrected chi connectivity index (χ4v) is 3.25. The first-order valence-corrected chi connectivity index (χ1v) is 8.19. The van der Waals surface area contributed by atoms with Crippen LogP contribution in [0.3, 0.4) is 0 Å². The molecule has 0 spiro atoms. The summed E-state index contributed by atoms with van der Waals surface area (Å²) in [7, 11) is 0. The van der Waals surface area contributed by atoms with Crippen LogP contribution in [0.15, 0.2) is 18.2 Å². The topological polar surface area (TPSA) is 107 Å². The molecule has 8 heteroatoms. The van der Waals surface area contributed by atoms with Gasteiger partial charge in [0.15, 0.2) is 0 Å². The van der Waals surface area contributed by atoms with Crippen LogP contribution in [0, 0.1) is 0 Å². The summed E-state index contributed by atoms with van der Waals surface area (Å²) in [6.45, 7) is 2.94. The van der Waals surface area contributed by atoms with Crippen molar-refractivity contribution in [2.24, 2.45) is 0 Å². The summed E-state index contributed by atoms with van der Waals surface area (Å²) >= 11 is 0. The van der Waals surface area contributed by atoms with Crippen LogP contribution in [-0.4, -0.2) is 59.4 Å². The van der Waals surface area contributed by atoms with Crippen LogP contribution in [0.4, 0.5) is 5.69 Å². The van der Waals surface area contributed by atoms with Crippen molar-refractivity contribution in [3.63, 3.8) is 0 Å². The first kappa shape index (κ1) is 17.1. The second-order valence-corrected chi connectivity index (χ2v) is 5.98. The second kappa shape index (κ2) is 6.64. The third-order valence-electron chi connectivity index (χ3n) is 4.54. The van der Waals surface area contributed by atoms with Gasteiger partial charge in [-0.25, -0.2) is 0 Å². The second-order valence-electron chi connectivity index (χ2n) is 5.98. The SMILES string of the molecule is CCN(CCO)c1ccc2c(c1)C(=O)N(C1CCC(=O)NC1=O)C2=O. The zero-order valence-electron chi connectivity index (χ0n) is 13.8. The molecule has 1 atom stereocenters. The lowest BCUT2D eigenvalue weighted by molar-refractivity contribution is -0.136. The molecule has 0 aromatic heterocycles. The summed E-state index contributed by atoms with van der Waals surface area (Å²) in [5, 5.41) is 11.3. The van der Waals surface area contributed by atoms with E-state index in [-0.39, 0.29) is 30.6 Å². The molecule has 0 bridgehead atoms. The van der Waals surface area contributed by atoms with Gasteiger partial charge in [-0.1, -0.05) is 0 Å². The van der Waals surface area contributed by atoms with E-state index in [1.807, 2.05) is 11.8 Å². The van der Waals surface area contributed by atoms with Crippen LogP contribution < -0.4 is 10.2 Å². The maximum Gasteiger partial charge on any atom is 0.262 e. The first-order chi connectivity index (χ1) is 12.0. The van der Waals surface area contributed by atoms with E-state index < -0.39 is 29.7 Å². The first-order valence-electron chi connectivity index (χ1n) is 8.19. The van der Waals surface area contributed by atoms with Gasteiger partial charge in [0.05, 0.1) is 17.7 Å². The molecule has 8 nitrogen and oxygen atoms in total. The van der Waals surface area contributed by atoms with Crippen molar-refractivity contribution in [1.82, 2.24) is 10.2 Å². The number of benzene rings is 1. The van der Waals surface area contributed by atoms with Crippen LogP contribution >= 0.6 is 0 Å². The Labute approximate surface area is 144 Å². The summed E-state index contributed by atoms with van der Waals surface area (Å²) < 4.78 is 0. The molecule has 2 heterocycles. The Morgan fingerprint density at radius 2 is 1.92 bits per heavy atom. The monoisotopic (exact) mass is 345 g/mol. The van der Waals surface area contributed by atoms with Crippen molar-refractivity contribution in [3.05, 3.63) is 29.3 Å². The molecule has 1 unspecified atom stereocenters. The van der Waals surface area contributed by atoms with Gasteiger partial charge in [-0.2, -0.15) is 0 Å². The van der Waals surface area contributed by atoms with Crippen LogP contribution in [0.5, 0.6) is 0 Å². The van der Waals surface area contributed by atoms with Crippen molar-refractivity contribution < 1.29 is 24.3 Å². The van der Waals surface area contributed by atoms with Crippen molar-refractivity contribution >= 4 is 29.3 Å². The van der Waals surface area contributed by atoms with E-state index in [2.05, 4.69) is 5.32 Å². The van der Waals surface area contributed by atoms with Crippen molar-refractivity contribution in [3.8, 4) is 0 Å². The molecule has 0 aliphatic carbocycles. The minimum absolute atomic E-state index is 0.0276. The number of rotatable bonds is 5. The number of fused-ring (bicyclic) bond motifs is 1. The molecule has 0 saturated carbocycles. The summed E-state index contributed by atoms with van der Waals surface area (Å²) in [5.41, 5.74) is 1.21. The van der Waals surface area contributed by atoms with Crippen molar-refractivity contribution in [2.45, 2.75) is 25.8 Å². The zero-order valence-corrected chi connectivity index (χ0v) is 13.8. The van der Waals surface area contributed by atoms with Crippen LogP contribution in [-0.2, 0) is 9.59 Å². The molecule has 0 radical (unpaired) electrons. The number of hydrogen-bond donors (Lipinski definition) is 2. The highest BCUT2D eigenvalue weighted by Crippen LogP contribution is 2.30. The Morgan fingerprint density at radius 3 is 2.56 bits per heavy atom. The molecule has 132 valence electrons. The molecule has 4 amide bonds. The average Bonchev–Trinajstić information content (AvgIpc) is 2.84. The molecule has 2 aliphatic rings. The standard InChI is InChI=1S/C17H19N3O5/c1-2-19(7-8-21)10-3-4-11-12(9-10)17(25)20(16(11)24)13-5-6-14(22)18-15(13)23/h3-4,9,13,21H,2,5-8H2,1H3,(H,18,22,23). The fourth-order valence-electron chi connectivity index (χ4n) is 3.25. The van der Waals surface area contributed by atoms with Gasteiger partial charge in [-0.05, 0) is 31.5 Å².